The van der Waals surface area contributed by atoms with Gasteiger partial charge in [0.15, 0.2) is 11.2 Å². The second kappa shape index (κ2) is 31.1. The smallest absolute Gasteiger partial charge is 0.394 e. The molecule has 2 spiro atoms. The van der Waals surface area contributed by atoms with Gasteiger partial charge in [0, 0.05) is 193 Å². The van der Waals surface area contributed by atoms with Gasteiger partial charge in [0.1, 0.15) is 34.5 Å². The van der Waals surface area contributed by atoms with Gasteiger partial charge in [-0.05, 0) is 148 Å². The predicted molar refractivity (Wildman–Crippen MR) is 463 cm³/mol. The molecule has 12 heterocycles. The molecule has 6 aromatic rings. The largest absolute Gasteiger partial charge is 0.496 e. The number of nitrogens with zero attached hydrogens (tertiary/aromatic N) is 6. The number of aliphatic hydroxyl groups is 6. The Bertz CT molecular complexity index is 4970. The maximum absolute atomic E-state index is 15.8. The number of aromatic nitrogens is 2. The number of H-pyrrole nitrogens is 2. The van der Waals surface area contributed by atoms with E-state index in [1.807, 2.05) is 112 Å². The molecule has 18 rings (SSSR count). The number of amides is 2. The average molecular weight is 1720 g/mol. The lowest BCUT2D eigenvalue weighted by Gasteiger charge is -2.63. The fourth-order valence-corrected chi connectivity index (χ4v) is 28.7. The Hall–Kier alpha value is -7.31. The van der Waals surface area contributed by atoms with Crippen LogP contribution in [0, 0.1) is 22.7 Å². The number of likely N-dealkylation sites (N-methyl/N-ethyl adjacent to an activating group) is 2. The van der Waals surface area contributed by atoms with Crippen molar-refractivity contribution in [1.82, 2.24) is 40.2 Å². The van der Waals surface area contributed by atoms with Crippen molar-refractivity contribution in [2.45, 2.75) is 185 Å². The van der Waals surface area contributed by atoms with Crippen LogP contribution in [0.2, 0.25) is 0 Å². The van der Waals surface area contributed by atoms with Crippen molar-refractivity contribution < 1.29 is 86.3 Å². The van der Waals surface area contributed by atoms with Crippen molar-refractivity contribution in [1.29, 1.82) is 0 Å². The number of aliphatic hydroxyl groups excluding tert-OH is 2. The summed E-state index contributed by atoms with van der Waals surface area (Å²) in [5, 5.41) is 87.6. The molecule has 654 valence electrons. The predicted octanol–water partition coefficient (Wildman–Crippen LogP) is 6.47. The van der Waals surface area contributed by atoms with E-state index >= 15 is 19.2 Å². The monoisotopic (exact) mass is 1720 g/mol. The van der Waals surface area contributed by atoms with Gasteiger partial charge in [-0.15, -0.1) is 0 Å². The average Bonchev–Trinajstić information content (AvgIpc) is 1.49. The normalized spacial score (nSPS) is 36.6. The molecule has 20 atom stereocenters. The SMILES string of the molecule is CCC1(O)CC2CN(CCc3c([nH]c4ccccc34)C(C(=O)OC)(c3cc4c(cc3OC)N(C)C3C(O)(C(=O)NCCSSCCNC(=O)C5(O)C(O)C6(CC)C=CCN7CCC8(c9cc(C%10(C(=O)OC)CC%11CN(CCc%12c%10[nH]c%10ccccc%12%10)CC(O)(CC)C%11)c(OC)cc9N(C)C58)C76)C(O)C5(CC)C=CCN6CCC43C65)C2)C1.O=S(=O)(O)O. The maximum Gasteiger partial charge on any atom is 0.394 e. The van der Waals surface area contributed by atoms with Crippen molar-refractivity contribution in [3.63, 3.8) is 0 Å². The molecule has 6 fully saturated rings. The maximum atomic E-state index is 15.8. The Balaban J connectivity index is 0.00000203. The first kappa shape index (κ1) is 85.8. The number of hydrogen-bond acceptors (Lipinski definition) is 24. The molecule has 0 radical (unpaired) electrons. The Morgan fingerprint density at radius 3 is 1.29 bits per heavy atom. The number of esters is 2. The van der Waals surface area contributed by atoms with Gasteiger partial charge in [0.25, 0.3) is 11.8 Å². The number of methoxy groups -OCH3 is 4. The molecule has 10 aliphatic heterocycles. The number of benzene rings is 4. The van der Waals surface area contributed by atoms with Gasteiger partial charge < -0.3 is 80.0 Å². The van der Waals surface area contributed by atoms with Crippen LogP contribution in [0.3, 0.4) is 0 Å². The standard InChI is InChI=1S/C90H116N10O14S2.H2O4S/c1-11-81(107)45-53-47-87(79(105)113-9,69-57(25-35-97(49-53)51-81)55-21-15-17-23-63(55)93-69)61-41-59-65(43-67(61)111-7)95(5)73-85(59)29-37-99-33-19-27-83(13-3,71(85)99)75(101)89(73,109)77(103)91-31-39-115-116-40-32-92-78(104)90(110)74-86(30-38-100-34-20-28-84(14-4,72(86)100)76(90)102)60-42-62(68(112-8)44-66(60)96(74)6)88(80(106)114-10)48-54-46-82(108,12-2)52-98(50-54)36-26-58-56-22-16-18-24-64(56)94-70(58)88;1-5(2,3)4/h15-24,27-28,41-44,53-54,71-76,93-94,101-102,107-110H,11-14,25-26,29-40,45-52H2,1-10H3,(H,91,103)(H,92,104);(H2,1,2,3,4). The minimum atomic E-state index is -4.67. The Morgan fingerprint density at radius 1 is 0.537 bits per heavy atom. The molecule has 121 heavy (non-hydrogen) atoms. The zero-order valence-corrected chi connectivity index (χ0v) is 73.3. The second-order valence-electron chi connectivity index (χ2n) is 36.9. The number of carbonyl (C=O) groups excluding carboxylic acids is 4. The third-order valence-electron chi connectivity index (χ3n) is 31.4. The molecule has 4 aromatic carbocycles. The van der Waals surface area contributed by atoms with Gasteiger partial charge in [-0.2, -0.15) is 8.42 Å². The Kier molecular flexibility index (Phi) is 22.0. The van der Waals surface area contributed by atoms with Crippen LogP contribution in [0.4, 0.5) is 11.4 Å². The highest BCUT2D eigenvalue weighted by Gasteiger charge is 2.81. The second-order valence-corrected chi connectivity index (χ2v) is 40.5. The van der Waals surface area contributed by atoms with Crippen molar-refractivity contribution >= 4 is 88.9 Å². The highest BCUT2D eigenvalue weighted by atomic mass is 33.1. The van der Waals surface area contributed by atoms with Gasteiger partial charge in [-0.25, -0.2) is 0 Å². The van der Waals surface area contributed by atoms with Crippen molar-refractivity contribution in [2.24, 2.45) is 22.7 Å². The molecule has 31 heteroatoms. The summed E-state index contributed by atoms with van der Waals surface area (Å²) in [7, 11) is 8.14. The summed E-state index contributed by atoms with van der Waals surface area (Å²) in [4.78, 5) is 84.1. The van der Waals surface area contributed by atoms with Crippen LogP contribution < -0.4 is 29.9 Å². The fourth-order valence-electron chi connectivity index (χ4n) is 26.9. The molecule has 2 saturated carbocycles. The Morgan fingerprint density at radius 2 is 0.926 bits per heavy atom. The molecular formula is C90H118N10O18S3. The topological polar surface area (TPSA) is 376 Å². The zero-order chi connectivity index (χ0) is 85.9. The van der Waals surface area contributed by atoms with Crippen LogP contribution in [0.1, 0.15) is 137 Å². The van der Waals surface area contributed by atoms with E-state index in [9.17, 15) is 30.6 Å². The summed E-state index contributed by atoms with van der Waals surface area (Å²) in [6, 6.07) is 21.7. The van der Waals surface area contributed by atoms with Crippen LogP contribution in [0.25, 0.3) is 21.8 Å². The molecule has 4 bridgehead atoms. The van der Waals surface area contributed by atoms with E-state index in [0.29, 0.717) is 164 Å². The summed E-state index contributed by atoms with van der Waals surface area (Å²) in [6.07, 6.45) is 10.7. The number of piperidine rings is 2. The van der Waals surface area contributed by atoms with Crippen LogP contribution in [0.5, 0.6) is 11.5 Å². The Labute approximate surface area is 714 Å². The van der Waals surface area contributed by atoms with Gasteiger partial charge in [-0.3, -0.25) is 47.9 Å². The third kappa shape index (κ3) is 12.5. The molecule has 2 aromatic heterocycles. The number of ether oxygens (including phenoxy) is 4. The minimum Gasteiger partial charge on any atom is -0.496 e. The quantitative estimate of drug-likeness (QED) is 0.0136. The number of carbonyl (C=O) groups is 4. The van der Waals surface area contributed by atoms with E-state index in [1.54, 1.807) is 14.2 Å². The highest BCUT2D eigenvalue weighted by Crippen LogP contribution is 2.71. The van der Waals surface area contributed by atoms with Crippen LogP contribution in [-0.4, -0.2) is 293 Å². The summed E-state index contributed by atoms with van der Waals surface area (Å²) >= 11 is 0. The number of para-hydroxylation sites is 2. The van der Waals surface area contributed by atoms with E-state index in [-0.39, 0.29) is 49.9 Å². The summed E-state index contributed by atoms with van der Waals surface area (Å²) < 4.78 is 56.8. The number of nitrogens with one attached hydrogen (secondary N) is 4. The molecule has 12 N–H and O–H groups in total. The number of hydrogen-bond donors (Lipinski definition) is 12. The highest BCUT2D eigenvalue weighted by molar-refractivity contribution is 8.76. The van der Waals surface area contributed by atoms with E-state index in [1.165, 1.54) is 35.8 Å². The minimum absolute atomic E-state index is 0.113. The summed E-state index contributed by atoms with van der Waals surface area (Å²) in [6.45, 7) is 14.5. The molecule has 20 unspecified atom stereocenters. The lowest BCUT2D eigenvalue weighted by atomic mass is 9.47. The van der Waals surface area contributed by atoms with E-state index in [0.717, 1.165) is 66.8 Å². The van der Waals surface area contributed by atoms with E-state index < -0.39 is 113 Å². The fraction of sp³-hybridized carbons (Fsp3) is 0.600. The number of aromatic amines is 2. The molecular weight excluding hydrogens is 1610 g/mol. The van der Waals surface area contributed by atoms with Crippen molar-refractivity contribution in [3.05, 3.63) is 142 Å². The lowest BCUT2D eigenvalue weighted by Crippen LogP contribution is -2.81. The van der Waals surface area contributed by atoms with Crippen LogP contribution in [-0.2, 0) is 73.6 Å². The van der Waals surface area contributed by atoms with Crippen LogP contribution >= 0.6 is 21.6 Å². The molecule has 2 aliphatic carbocycles. The summed E-state index contributed by atoms with van der Waals surface area (Å²) in [5.41, 5.74) is -4.44. The van der Waals surface area contributed by atoms with Crippen molar-refractivity contribution in [3.8, 4) is 11.5 Å². The molecule has 28 nitrogen and oxygen atoms in total. The van der Waals surface area contributed by atoms with Crippen molar-refractivity contribution in [2.75, 3.05) is 142 Å². The first-order valence-electron chi connectivity index (χ1n) is 43.1. The number of fused-ring (bicyclic) bond motifs is 12. The first-order valence-corrected chi connectivity index (χ1v) is 47.0. The molecule has 12 aliphatic rings. The van der Waals surface area contributed by atoms with Gasteiger partial charge >= 0.3 is 22.3 Å². The van der Waals surface area contributed by atoms with E-state index in [4.69, 9.17) is 36.5 Å². The van der Waals surface area contributed by atoms with Gasteiger partial charge in [-0.1, -0.05) is 110 Å². The number of rotatable bonds is 19. The third-order valence-corrected chi connectivity index (χ3v) is 33.8. The van der Waals surface area contributed by atoms with Gasteiger partial charge in [0.2, 0.25) is 0 Å². The summed E-state index contributed by atoms with van der Waals surface area (Å²) in [5.74, 6) is -1.05. The van der Waals surface area contributed by atoms with E-state index in [2.05, 4.69) is 76.6 Å². The first-order chi connectivity index (χ1) is 57.7. The van der Waals surface area contributed by atoms with Gasteiger partial charge in [0.05, 0.1) is 51.7 Å². The number of anilines is 2. The molecule has 2 amide bonds. The zero-order valence-electron chi connectivity index (χ0n) is 70.8. The lowest BCUT2D eigenvalue weighted by molar-refractivity contribution is -0.203. The van der Waals surface area contributed by atoms with Crippen LogP contribution in [0.15, 0.2) is 97.1 Å². The molecule has 4 saturated heterocycles.